The average molecular weight is 342 g/mol. The van der Waals surface area contributed by atoms with Crippen molar-refractivity contribution in [1.82, 2.24) is 14.7 Å². The molecule has 1 aliphatic heterocycles. The van der Waals surface area contributed by atoms with Crippen LogP contribution in [-0.2, 0) is 14.4 Å². The number of likely N-dealkylation sites (tertiary alicyclic amines) is 1. The van der Waals surface area contributed by atoms with Crippen LogP contribution < -0.4 is 5.32 Å². The number of rotatable bonds is 5. The molecular formula is C18H22N4O3. The van der Waals surface area contributed by atoms with E-state index in [1.54, 1.807) is 16.9 Å². The Hall–Kier alpha value is -2.44. The first-order chi connectivity index (χ1) is 12.0. The Morgan fingerprint density at radius 1 is 1.28 bits per heavy atom. The van der Waals surface area contributed by atoms with Crippen LogP contribution in [0.4, 0.5) is 5.82 Å². The van der Waals surface area contributed by atoms with Crippen LogP contribution >= 0.6 is 0 Å². The Bertz CT molecular complexity index is 738. The van der Waals surface area contributed by atoms with Crippen molar-refractivity contribution >= 4 is 23.5 Å². The SMILES string of the molecule is CCC(C)n1nccc1NC(=O)CN1C(=O)C2C3C=CC(C3)C2C1=O. The van der Waals surface area contributed by atoms with Gasteiger partial charge in [0.05, 0.1) is 24.1 Å². The van der Waals surface area contributed by atoms with Gasteiger partial charge in [-0.15, -0.1) is 0 Å². The highest BCUT2D eigenvalue weighted by molar-refractivity contribution is 6.09. The number of hydrogen-bond donors (Lipinski definition) is 1. The fourth-order valence-corrected chi connectivity index (χ4v) is 4.38. The Labute approximate surface area is 146 Å². The molecule has 2 heterocycles. The van der Waals surface area contributed by atoms with E-state index in [1.165, 1.54) is 0 Å². The van der Waals surface area contributed by atoms with Crippen LogP contribution in [0, 0.1) is 23.7 Å². The summed E-state index contributed by atoms with van der Waals surface area (Å²) >= 11 is 0. The summed E-state index contributed by atoms with van der Waals surface area (Å²) in [5, 5.41) is 7.00. The summed E-state index contributed by atoms with van der Waals surface area (Å²) in [7, 11) is 0. The van der Waals surface area contributed by atoms with Crippen molar-refractivity contribution in [3.05, 3.63) is 24.4 Å². The standard InChI is InChI=1S/C18H22N4O3/c1-3-10(2)22-13(6-7-19-22)20-14(23)9-21-17(24)15-11-4-5-12(8-11)16(15)18(21)25/h4-7,10-12,15-16H,3,8-9H2,1-2H3,(H,20,23). The van der Waals surface area contributed by atoms with Gasteiger partial charge in [0, 0.05) is 6.07 Å². The lowest BCUT2D eigenvalue weighted by Crippen LogP contribution is -2.39. The van der Waals surface area contributed by atoms with Crippen molar-refractivity contribution in [2.24, 2.45) is 23.7 Å². The molecule has 0 aromatic carbocycles. The number of aromatic nitrogens is 2. The molecule has 0 spiro atoms. The first-order valence-corrected chi connectivity index (χ1v) is 8.88. The monoisotopic (exact) mass is 342 g/mol. The minimum absolute atomic E-state index is 0.154. The molecule has 5 atom stereocenters. The Morgan fingerprint density at radius 2 is 1.92 bits per heavy atom. The zero-order valence-electron chi connectivity index (χ0n) is 14.4. The number of fused-ring (bicyclic) bond motifs is 5. The fourth-order valence-electron chi connectivity index (χ4n) is 4.38. The summed E-state index contributed by atoms with van der Waals surface area (Å²) < 4.78 is 1.74. The van der Waals surface area contributed by atoms with Gasteiger partial charge in [-0.25, -0.2) is 4.68 Å². The predicted octanol–water partition coefficient (Wildman–Crippen LogP) is 1.60. The summed E-state index contributed by atoms with van der Waals surface area (Å²) in [6, 6.07) is 1.87. The third-order valence-electron chi connectivity index (χ3n) is 5.81. The second-order valence-electron chi connectivity index (χ2n) is 7.23. The van der Waals surface area contributed by atoms with Crippen LogP contribution in [0.25, 0.3) is 0 Å². The van der Waals surface area contributed by atoms with Gasteiger partial charge in [-0.2, -0.15) is 5.10 Å². The molecule has 25 heavy (non-hydrogen) atoms. The number of allylic oxidation sites excluding steroid dienone is 2. The molecule has 1 N–H and O–H groups in total. The fraction of sp³-hybridized carbons (Fsp3) is 0.556. The minimum Gasteiger partial charge on any atom is -0.309 e. The number of anilines is 1. The molecule has 1 aromatic rings. The van der Waals surface area contributed by atoms with Gasteiger partial charge in [0.2, 0.25) is 17.7 Å². The Morgan fingerprint density at radius 3 is 2.52 bits per heavy atom. The number of imide groups is 1. The van der Waals surface area contributed by atoms with E-state index in [4.69, 9.17) is 0 Å². The van der Waals surface area contributed by atoms with Crippen LogP contribution in [0.5, 0.6) is 0 Å². The molecule has 1 saturated carbocycles. The zero-order valence-corrected chi connectivity index (χ0v) is 14.4. The molecule has 2 aliphatic carbocycles. The van der Waals surface area contributed by atoms with Crippen molar-refractivity contribution in [2.45, 2.75) is 32.7 Å². The summed E-state index contributed by atoms with van der Waals surface area (Å²) in [6.45, 7) is 3.83. The van der Waals surface area contributed by atoms with Crippen LogP contribution in [0.15, 0.2) is 24.4 Å². The summed E-state index contributed by atoms with van der Waals surface area (Å²) in [6.07, 6.45) is 7.49. The van der Waals surface area contributed by atoms with Crippen molar-refractivity contribution in [2.75, 3.05) is 11.9 Å². The molecule has 1 aromatic heterocycles. The highest BCUT2D eigenvalue weighted by atomic mass is 16.2. The molecule has 5 unspecified atom stereocenters. The number of hydrogen-bond acceptors (Lipinski definition) is 4. The number of carbonyl (C=O) groups excluding carboxylic acids is 3. The molecule has 2 bridgehead atoms. The molecule has 3 amide bonds. The molecule has 1 saturated heterocycles. The van der Waals surface area contributed by atoms with Crippen molar-refractivity contribution < 1.29 is 14.4 Å². The molecule has 2 fully saturated rings. The van der Waals surface area contributed by atoms with Crippen molar-refractivity contribution in [3.8, 4) is 0 Å². The van der Waals surface area contributed by atoms with E-state index >= 15 is 0 Å². The molecule has 132 valence electrons. The number of nitrogens with one attached hydrogen (secondary N) is 1. The van der Waals surface area contributed by atoms with Gasteiger partial charge < -0.3 is 5.32 Å². The lowest BCUT2D eigenvalue weighted by Gasteiger charge is -2.18. The van der Waals surface area contributed by atoms with Crippen LogP contribution in [-0.4, -0.2) is 38.9 Å². The Kier molecular flexibility index (Phi) is 3.74. The second kappa shape index (κ2) is 5.82. The normalized spacial score (nSPS) is 30.9. The topological polar surface area (TPSA) is 84.3 Å². The molecule has 0 radical (unpaired) electrons. The van der Waals surface area contributed by atoms with Crippen LogP contribution in [0.1, 0.15) is 32.7 Å². The molecular weight excluding hydrogens is 320 g/mol. The number of amides is 3. The number of nitrogens with zero attached hydrogens (tertiary/aromatic N) is 3. The third kappa shape index (κ3) is 2.41. The first kappa shape index (κ1) is 16.1. The lowest BCUT2D eigenvalue weighted by molar-refractivity contribution is -0.143. The lowest BCUT2D eigenvalue weighted by atomic mass is 9.85. The van der Waals surface area contributed by atoms with Crippen molar-refractivity contribution in [1.29, 1.82) is 0 Å². The van der Waals surface area contributed by atoms with Gasteiger partial charge in [-0.3, -0.25) is 19.3 Å². The molecule has 4 rings (SSSR count). The van der Waals surface area contributed by atoms with Crippen LogP contribution in [0.2, 0.25) is 0 Å². The second-order valence-corrected chi connectivity index (χ2v) is 7.23. The quantitative estimate of drug-likeness (QED) is 0.651. The minimum atomic E-state index is -0.368. The summed E-state index contributed by atoms with van der Waals surface area (Å²) in [5.41, 5.74) is 0. The highest BCUT2D eigenvalue weighted by Gasteiger charge is 2.59. The Balaban J connectivity index is 1.45. The largest absolute Gasteiger partial charge is 0.309 e. The highest BCUT2D eigenvalue weighted by Crippen LogP contribution is 2.52. The zero-order chi connectivity index (χ0) is 17.7. The van der Waals surface area contributed by atoms with Crippen molar-refractivity contribution in [3.63, 3.8) is 0 Å². The van der Waals surface area contributed by atoms with E-state index < -0.39 is 0 Å². The maximum Gasteiger partial charge on any atom is 0.245 e. The van der Waals surface area contributed by atoms with Gasteiger partial charge in [-0.05, 0) is 31.6 Å². The van der Waals surface area contributed by atoms with E-state index in [-0.39, 0.29) is 54.0 Å². The smallest absolute Gasteiger partial charge is 0.245 e. The van der Waals surface area contributed by atoms with Gasteiger partial charge in [0.15, 0.2) is 0 Å². The van der Waals surface area contributed by atoms with E-state index in [2.05, 4.69) is 10.4 Å². The molecule has 7 heteroatoms. The van der Waals surface area contributed by atoms with Gasteiger partial charge in [0.1, 0.15) is 12.4 Å². The summed E-state index contributed by atoms with van der Waals surface area (Å²) in [5.74, 6) is -0.387. The predicted molar refractivity (Wildman–Crippen MR) is 90.3 cm³/mol. The van der Waals surface area contributed by atoms with E-state index in [1.807, 2.05) is 26.0 Å². The maximum absolute atomic E-state index is 12.6. The molecule has 7 nitrogen and oxygen atoms in total. The first-order valence-electron chi connectivity index (χ1n) is 8.88. The van der Waals surface area contributed by atoms with E-state index in [0.29, 0.717) is 5.82 Å². The third-order valence-corrected chi connectivity index (χ3v) is 5.81. The molecule has 3 aliphatic rings. The average Bonchev–Trinajstić information content (AvgIpc) is 3.35. The maximum atomic E-state index is 12.6. The number of carbonyl (C=O) groups is 3. The van der Waals surface area contributed by atoms with E-state index in [0.717, 1.165) is 17.7 Å². The van der Waals surface area contributed by atoms with Crippen LogP contribution in [0.3, 0.4) is 0 Å². The van der Waals surface area contributed by atoms with Gasteiger partial charge in [0.25, 0.3) is 0 Å². The van der Waals surface area contributed by atoms with Gasteiger partial charge in [-0.1, -0.05) is 19.1 Å². The summed E-state index contributed by atoms with van der Waals surface area (Å²) in [4.78, 5) is 38.8. The van der Waals surface area contributed by atoms with Gasteiger partial charge >= 0.3 is 0 Å². The van der Waals surface area contributed by atoms with E-state index in [9.17, 15) is 14.4 Å².